The Hall–Kier alpha value is -0.490. The number of thiocyanates is 1. The first-order chi connectivity index (χ1) is 4.91. The predicted molar refractivity (Wildman–Crippen MR) is 47.1 cm³/mol. The van der Waals surface area contributed by atoms with Crippen LogP contribution in [0.1, 0.15) is 27.7 Å². The van der Waals surface area contributed by atoms with Crippen LogP contribution in [0, 0.1) is 16.6 Å². The molecule has 0 heterocycles. The molecule has 0 rings (SSSR count). The number of carbonyl (C=O) groups is 1. The largest absolute Gasteiger partial charge is 0.298 e. The molecular weight excluding hydrogens is 158 g/mol. The van der Waals surface area contributed by atoms with Crippen LogP contribution in [0.15, 0.2) is 0 Å². The zero-order valence-corrected chi connectivity index (χ0v) is 8.16. The number of carbonyl (C=O) groups excluding carboxylic acids is 1. The van der Waals surface area contributed by atoms with Gasteiger partial charge in [-0.2, -0.15) is 5.26 Å². The molecule has 0 aromatic carbocycles. The minimum absolute atomic E-state index is 0.00542. The second kappa shape index (κ2) is 3.77. The third-order valence-corrected chi connectivity index (χ3v) is 2.22. The lowest BCUT2D eigenvalue weighted by atomic mass is 9.98. The summed E-state index contributed by atoms with van der Waals surface area (Å²) in [7, 11) is 0. The average Bonchev–Trinajstić information content (AvgIpc) is 1.86. The summed E-state index contributed by atoms with van der Waals surface area (Å²) < 4.78 is -0.553. The third-order valence-electron chi connectivity index (χ3n) is 1.42. The lowest BCUT2D eigenvalue weighted by molar-refractivity contribution is -0.123. The fourth-order valence-corrected chi connectivity index (χ4v) is 1.42. The van der Waals surface area contributed by atoms with Crippen LogP contribution in [-0.2, 0) is 4.79 Å². The molecule has 0 aliphatic heterocycles. The van der Waals surface area contributed by atoms with E-state index in [4.69, 9.17) is 5.26 Å². The number of nitriles is 1. The highest BCUT2D eigenvalue weighted by Gasteiger charge is 2.30. The second-order valence-electron chi connectivity index (χ2n) is 3.22. The van der Waals surface area contributed by atoms with Crippen LogP contribution in [0.25, 0.3) is 0 Å². The lowest BCUT2D eigenvalue weighted by Gasteiger charge is -2.20. The average molecular weight is 171 g/mol. The van der Waals surface area contributed by atoms with Gasteiger partial charge in [0.25, 0.3) is 0 Å². The molecular formula is C8H13NOS. The highest BCUT2D eigenvalue weighted by atomic mass is 32.2. The molecule has 0 spiro atoms. The quantitative estimate of drug-likeness (QED) is 0.611. The summed E-state index contributed by atoms with van der Waals surface area (Å²) in [6, 6.07) is 0. The first-order valence-electron chi connectivity index (χ1n) is 3.53. The molecule has 0 unspecified atom stereocenters. The molecule has 0 saturated heterocycles. The summed E-state index contributed by atoms with van der Waals surface area (Å²) in [5.41, 5.74) is 0. The number of hydrogen-bond acceptors (Lipinski definition) is 3. The summed E-state index contributed by atoms with van der Waals surface area (Å²) in [6.07, 6.45) is 0. The molecule has 0 radical (unpaired) electrons. The van der Waals surface area contributed by atoms with E-state index in [0.29, 0.717) is 0 Å². The van der Waals surface area contributed by atoms with Crippen LogP contribution >= 0.6 is 11.8 Å². The number of nitrogens with zero attached hydrogens (tertiary/aromatic N) is 1. The van der Waals surface area contributed by atoms with E-state index >= 15 is 0 Å². The molecule has 0 aromatic heterocycles. The standard InChI is InChI=1S/C8H13NOS/c1-6(2)7(10)8(3,4)11-5-9/h6H,1-4H3. The zero-order valence-electron chi connectivity index (χ0n) is 7.34. The van der Waals surface area contributed by atoms with Crippen molar-refractivity contribution in [3.8, 4) is 5.40 Å². The second-order valence-corrected chi connectivity index (χ2v) is 4.63. The fourth-order valence-electron chi connectivity index (χ4n) is 0.860. The number of ketones is 1. The minimum Gasteiger partial charge on any atom is -0.298 e. The van der Waals surface area contributed by atoms with Gasteiger partial charge in [0.1, 0.15) is 5.40 Å². The van der Waals surface area contributed by atoms with Crippen LogP contribution in [0.4, 0.5) is 0 Å². The molecule has 0 aliphatic carbocycles. The van der Waals surface area contributed by atoms with E-state index in [2.05, 4.69) is 0 Å². The Morgan fingerprint density at radius 1 is 1.55 bits per heavy atom. The van der Waals surface area contributed by atoms with E-state index in [-0.39, 0.29) is 11.7 Å². The number of Topliss-reactive ketones (excluding diaryl/α,β-unsaturated/α-hetero) is 1. The van der Waals surface area contributed by atoms with Gasteiger partial charge >= 0.3 is 0 Å². The summed E-state index contributed by atoms with van der Waals surface area (Å²) >= 11 is 1.03. The van der Waals surface area contributed by atoms with Gasteiger partial charge in [-0.05, 0) is 25.6 Å². The van der Waals surface area contributed by atoms with Gasteiger partial charge in [0, 0.05) is 5.92 Å². The van der Waals surface area contributed by atoms with Gasteiger partial charge in [-0.3, -0.25) is 4.79 Å². The van der Waals surface area contributed by atoms with Gasteiger partial charge in [-0.25, -0.2) is 0 Å². The van der Waals surface area contributed by atoms with Crippen molar-refractivity contribution in [3.05, 3.63) is 0 Å². The SMILES string of the molecule is CC(C)C(=O)C(C)(C)SC#N. The minimum atomic E-state index is -0.553. The number of rotatable bonds is 3. The molecule has 0 aliphatic rings. The maximum absolute atomic E-state index is 11.4. The van der Waals surface area contributed by atoms with Gasteiger partial charge in [0.2, 0.25) is 0 Å². The van der Waals surface area contributed by atoms with Crippen LogP contribution < -0.4 is 0 Å². The van der Waals surface area contributed by atoms with E-state index in [0.717, 1.165) is 11.8 Å². The smallest absolute Gasteiger partial charge is 0.151 e. The molecule has 0 fully saturated rings. The Morgan fingerprint density at radius 2 is 2.00 bits per heavy atom. The summed E-state index contributed by atoms with van der Waals surface area (Å²) in [4.78, 5) is 11.4. The maximum atomic E-state index is 11.4. The molecule has 0 aromatic rings. The molecule has 11 heavy (non-hydrogen) atoms. The molecule has 2 nitrogen and oxygen atoms in total. The monoisotopic (exact) mass is 171 g/mol. The predicted octanol–water partition coefficient (Wildman–Crippen LogP) is 2.20. The van der Waals surface area contributed by atoms with Crippen LogP contribution in [0.5, 0.6) is 0 Å². The lowest BCUT2D eigenvalue weighted by Crippen LogP contribution is -2.31. The first kappa shape index (κ1) is 10.5. The van der Waals surface area contributed by atoms with Crippen molar-refractivity contribution in [2.75, 3.05) is 0 Å². The van der Waals surface area contributed by atoms with E-state index in [1.54, 1.807) is 13.8 Å². The molecule has 0 saturated carbocycles. The Labute approximate surface area is 72.0 Å². The van der Waals surface area contributed by atoms with Gasteiger partial charge in [-0.15, -0.1) is 0 Å². The van der Waals surface area contributed by atoms with Crippen molar-refractivity contribution in [3.63, 3.8) is 0 Å². The highest BCUT2D eigenvalue weighted by molar-refractivity contribution is 8.05. The molecule has 0 atom stereocenters. The molecule has 0 amide bonds. The Bertz CT molecular complexity index is 191. The van der Waals surface area contributed by atoms with Crippen molar-refractivity contribution in [2.24, 2.45) is 5.92 Å². The first-order valence-corrected chi connectivity index (χ1v) is 4.35. The maximum Gasteiger partial charge on any atom is 0.151 e. The summed E-state index contributed by atoms with van der Waals surface area (Å²) in [5.74, 6) is 0.134. The summed E-state index contributed by atoms with van der Waals surface area (Å²) in [6.45, 7) is 7.26. The van der Waals surface area contributed by atoms with Crippen LogP contribution in [-0.4, -0.2) is 10.5 Å². The van der Waals surface area contributed by atoms with Crippen molar-refractivity contribution in [2.45, 2.75) is 32.4 Å². The Balaban J connectivity index is 4.32. The van der Waals surface area contributed by atoms with E-state index in [1.165, 1.54) is 0 Å². The molecule has 0 N–H and O–H groups in total. The molecule has 62 valence electrons. The van der Waals surface area contributed by atoms with Gasteiger partial charge in [-0.1, -0.05) is 13.8 Å². The zero-order chi connectivity index (χ0) is 9.07. The van der Waals surface area contributed by atoms with Crippen molar-refractivity contribution in [1.29, 1.82) is 5.26 Å². The molecule has 3 heteroatoms. The highest BCUT2D eigenvalue weighted by Crippen LogP contribution is 2.26. The van der Waals surface area contributed by atoms with Gasteiger partial charge in [0.15, 0.2) is 5.78 Å². The Kier molecular flexibility index (Phi) is 3.61. The summed E-state index contributed by atoms with van der Waals surface area (Å²) in [5, 5.41) is 10.3. The van der Waals surface area contributed by atoms with E-state index in [9.17, 15) is 4.79 Å². The fraction of sp³-hybridized carbons (Fsp3) is 0.750. The van der Waals surface area contributed by atoms with E-state index < -0.39 is 4.75 Å². The number of thioether (sulfide) groups is 1. The third kappa shape index (κ3) is 2.94. The topological polar surface area (TPSA) is 40.9 Å². The van der Waals surface area contributed by atoms with E-state index in [1.807, 2.05) is 19.2 Å². The van der Waals surface area contributed by atoms with Crippen molar-refractivity contribution >= 4 is 17.5 Å². The van der Waals surface area contributed by atoms with Gasteiger partial charge < -0.3 is 0 Å². The number of hydrogen-bond donors (Lipinski definition) is 0. The van der Waals surface area contributed by atoms with Crippen LogP contribution in [0.3, 0.4) is 0 Å². The Morgan fingerprint density at radius 3 is 2.27 bits per heavy atom. The molecule has 0 bridgehead atoms. The van der Waals surface area contributed by atoms with Crippen LogP contribution in [0.2, 0.25) is 0 Å². The van der Waals surface area contributed by atoms with Crippen molar-refractivity contribution < 1.29 is 4.79 Å². The normalized spacial score (nSPS) is 11.3. The van der Waals surface area contributed by atoms with Crippen molar-refractivity contribution in [1.82, 2.24) is 0 Å². The van der Waals surface area contributed by atoms with Gasteiger partial charge in [0.05, 0.1) is 4.75 Å².